The van der Waals surface area contributed by atoms with Crippen molar-refractivity contribution in [1.29, 1.82) is 0 Å². The van der Waals surface area contributed by atoms with Crippen molar-refractivity contribution in [3.8, 4) is 0 Å². The van der Waals surface area contributed by atoms with E-state index in [9.17, 15) is 4.21 Å². The molecule has 0 aromatic heterocycles. The summed E-state index contributed by atoms with van der Waals surface area (Å²) in [6.07, 6.45) is 0. The highest BCUT2D eigenvalue weighted by Gasteiger charge is 2.06. The van der Waals surface area contributed by atoms with Crippen LogP contribution >= 0.6 is 11.6 Å². The quantitative estimate of drug-likeness (QED) is 0.861. The van der Waals surface area contributed by atoms with Gasteiger partial charge >= 0.3 is 0 Å². The zero-order valence-corrected chi connectivity index (χ0v) is 9.65. The first-order valence-corrected chi connectivity index (χ1v) is 6.30. The maximum atomic E-state index is 11.5. The lowest BCUT2D eigenvalue weighted by Crippen LogP contribution is -2.23. The summed E-state index contributed by atoms with van der Waals surface area (Å²) < 4.78 is 11.5. The molecule has 0 spiro atoms. The average molecular weight is 232 g/mol. The van der Waals surface area contributed by atoms with Gasteiger partial charge in [0.05, 0.1) is 5.75 Å². The Morgan fingerprint density at radius 1 is 1.50 bits per heavy atom. The Hall–Kier alpha value is -0.380. The Morgan fingerprint density at radius 2 is 2.14 bits per heavy atom. The zero-order valence-electron chi connectivity index (χ0n) is 8.07. The Morgan fingerprint density at radius 3 is 2.71 bits per heavy atom. The van der Waals surface area contributed by atoms with Gasteiger partial charge in [0, 0.05) is 27.6 Å². The molecule has 0 aliphatic carbocycles. The largest absolute Gasteiger partial charge is 0.327 e. The van der Waals surface area contributed by atoms with Crippen molar-refractivity contribution in [3.05, 3.63) is 34.9 Å². The summed E-state index contributed by atoms with van der Waals surface area (Å²) in [5.41, 5.74) is 6.48. The van der Waals surface area contributed by atoms with E-state index in [-0.39, 0.29) is 6.04 Å². The minimum Gasteiger partial charge on any atom is -0.327 e. The van der Waals surface area contributed by atoms with Crippen LogP contribution in [0.25, 0.3) is 0 Å². The van der Waals surface area contributed by atoms with Gasteiger partial charge in [0.1, 0.15) is 0 Å². The Kier molecular flexibility index (Phi) is 4.58. The standard InChI is InChI=1S/C10H14ClNOS/c1-8(12)6-14(13)7-9-4-2-3-5-10(9)11/h2-5,8H,6-7,12H2,1H3. The van der Waals surface area contributed by atoms with Crippen LogP contribution in [0.4, 0.5) is 0 Å². The van der Waals surface area contributed by atoms with E-state index in [0.717, 1.165) is 5.56 Å². The smallest absolute Gasteiger partial charge is 0.0500 e. The van der Waals surface area contributed by atoms with Crippen molar-refractivity contribution in [3.63, 3.8) is 0 Å². The number of rotatable bonds is 4. The number of benzene rings is 1. The fraction of sp³-hybridized carbons (Fsp3) is 0.400. The molecule has 1 rings (SSSR count). The second-order valence-corrected chi connectivity index (χ2v) is 5.23. The van der Waals surface area contributed by atoms with E-state index in [1.165, 1.54) is 0 Å². The van der Waals surface area contributed by atoms with Crippen molar-refractivity contribution >= 4 is 22.4 Å². The first-order valence-electron chi connectivity index (χ1n) is 4.43. The Bertz CT molecular complexity index is 328. The third kappa shape index (κ3) is 3.78. The summed E-state index contributed by atoms with van der Waals surface area (Å²) in [6.45, 7) is 1.85. The summed E-state index contributed by atoms with van der Waals surface area (Å²) in [7, 11) is -0.921. The van der Waals surface area contributed by atoms with Crippen LogP contribution in [0.3, 0.4) is 0 Å². The molecule has 0 radical (unpaired) electrons. The predicted molar refractivity (Wildman–Crippen MR) is 61.8 cm³/mol. The highest BCUT2D eigenvalue weighted by molar-refractivity contribution is 7.84. The third-order valence-corrected chi connectivity index (χ3v) is 3.62. The second-order valence-electron chi connectivity index (χ2n) is 3.32. The average Bonchev–Trinajstić information content (AvgIpc) is 2.07. The van der Waals surface area contributed by atoms with Gasteiger partial charge < -0.3 is 5.73 Å². The Labute approximate surface area is 91.9 Å². The molecule has 0 aliphatic heterocycles. The number of nitrogens with two attached hydrogens (primary N) is 1. The minimum atomic E-state index is -0.921. The van der Waals surface area contributed by atoms with E-state index >= 15 is 0 Å². The van der Waals surface area contributed by atoms with Crippen LogP contribution in [-0.4, -0.2) is 16.0 Å². The molecule has 2 nitrogen and oxygen atoms in total. The highest BCUT2D eigenvalue weighted by Crippen LogP contribution is 2.16. The molecule has 78 valence electrons. The monoisotopic (exact) mass is 231 g/mol. The van der Waals surface area contributed by atoms with Crippen LogP contribution in [0.15, 0.2) is 24.3 Å². The molecular formula is C10H14ClNOS. The maximum absolute atomic E-state index is 11.5. The summed E-state index contributed by atoms with van der Waals surface area (Å²) in [5.74, 6) is 1.01. The van der Waals surface area contributed by atoms with E-state index in [1.54, 1.807) is 6.07 Å². The van der Waals surface area contributed by atoms with Gasteiger partial charge in [0.15, 0.2) is 0 Å². The molecule has 0 saturated heterocycles. The van der Waals surface area contributed by atoms with Gasteiger partial charge in [-0.05, 0) is 18.6 Å². The van der Waals surface area contributed by atoms with Gasteiger partial charge in [0.25, 0.3) is 0 Å². The minimum absolute atomic E-state index is 0.0293. The first-order chi connectivity index (χ1) is 6.59. The Balaban J connectivity index is 2.61. The lowest BCUT2D eigenvalue weighted by atomic mass is 10.2. The molecule has 0 fully saturated rings. The molecule has 0 amide bonds. The molecule has 2 N–H and O–H groups in total. The van der Waals surface area contributed by atoms with E-state index < -0.39 is 10.8 Å². The summed E-state index contributed by atoms with van der Waals surface area (Å²) >= 11 is 5.94. The van der Waals surface area contributed by atoms with Crippen molar-refractivity contribution < 1.29 is 4.21 Å². The molecule has 1 aromatic carbocycles. The number of hydrogen-bond donors (Lipinski definition) is 1. The van der Waals surface area contributed by atoms with Crippen LogP contribution in [-0.2, 0) is 16.6 Å². The first kappa shape index (κ1) is 11.7. The van der Waals surface area contributed by atoms with E-state index in [0.29, 0.717) is 16.5 Å². The van der Waals surface area contributed by atoms with Crippen LogP contribution < -0.4 is 5.73 Å². The van der Waals surface area contributed by atoms with Gasteiger partial charge in [0.2, 0.25) is 0 Å². The maximum Gasteiger partial charge on any atom is 0.0500 e. The summed E-state index contributed by atoms with van der Waals surface area (Å²) in [6, 6.07) is 7.42. The molecule has 0 aliphatic rings. The van der Waals surface area contributed by atoms with Gasteiger partial charge in [-0.25, -0.2) is 0 Å². The molecule has 2 unspecified atom stereocenters. The van der Waals surface area contributed by atoms with E-state index in [4.69, 9.17) is 17.3 Å². The van der Waals surface area contributed by atoms with Gasteiger partial charge in [-0.1, -0.05) is 29.8 Å². The predicted octanol–water partition coefficient (Wildman–Crippen LogP) is 1.94. The molecule has 0 heterocycles. The summed E-state index contributed by atoms with van der Waals surface area (Å²) in [5, 5.41) is 0.672. The summed E-state index contributed by atoms with van der Waals surface area (Å²) in [4.78, 5) is 0. The van der Waals surface area contributed by atoms with Gasteiger partial charge in [-0.15, -0.1) is 0 Å². The van der Waals surface area contributed by atoms with Crippen molar-refractivity contribution in [2.45, 2.75) is 18.7 Å². The lowest BCUT2D eigenvalue weighted by molar-refractivity contribution is 0.676. The van der Waals surface area contributed by atoms with Crippen molar-refractivity contribution in [1.82, 2.24) is 0 Å². The molecule has 0 saturated carbocycles. The highest BCUT2D eigenvalue weighted by atomic mass is 35.5. The van der Waals surface area contributed by atoms with Gasteiger partial charge in [-0.3, -0.25) is 4.21 Å². The normalized spacial score (nSPS) is 15.1. The van der Waals surface area contributed by atoms with Crippen LogP contribution in [0.5, 0.6) is 0 Å². The molecular weight excluding hydrogens is 218 g/mol. The fourth-order valence-electron chi connectivity index (χ4n) is 1.14. The van der Waals surface area contributed by atoms with Crippen LogP contribution in [0.1, 0.15) is 12.5 Å². The van der Waals surface area contributed by atoms with Crippen molar-refractivity contribution in [2.75, 3.05) is 5.75 Å². The van der Waals surface area contributed by atoms with E-state index in [2.05, 4.69) is 0 Å². The van der Waals surface area contributed by atoms with Crippen LogP contribution in [0, 0.1) is 0 Å². The molecule has 0 bridgehead atoms. The molecule has 1 aromatic rings. The second kappa shape index (κ2) is 5.49. The van der Waals surface area contributed by atoms with Gasteiger partial charge in [-0.2, -0.15) is 0 Å². The number of halogens is 1. The lowest BCUT2D eigenvalue weighted by Gasteiger charge is -2.06. The topological polar surface area (TPSA) is 43.1 Å². The number of hydrogen-bond acceptors (Lipinski definition) is 2. The van der Waals surface area contributed by atoms with Crippen molar-refractivity contribution in [2.24, 2.45) is 5.73 Å². The third-order valence-electron chi connectivity index (χ3n) is 1.72. The fourth-order valence-corrected chi connectivity index (χ4v) is 2.73. The zero-order chi connectivity index (χ0) is 10.6. The SMILES string of the molecule is CC(N)CS(=O)Cc1ccccc1Cl. The van der Waals surface area contributed by atoms with E-state index in [1.807, 2.05) is 25.1 Å². The molecule has 4 heteroatoms. The molecule has 2 atom stereocenters. The molecule has 14 heavy (non-hydrogen) atoms. The van der Waals surface area contributed by atoms with Crippen LogP contribution in [0.2, 0.25) is 5.02 Å².